The number of rotatable bonds is 5. The van der Waals surface area contributed by atoms with Crippen molar-refractivity contribution in [2.75, 3.05) is 20.1 Å². The van der Waals surface area contributed by atoms with Gasteiger partial charge in [0.25, 0.3) is 0 Å². The van der Waals surface area contributed by atoms with Crippen molar-refractivity contribution < 1.29 is 38.4 Å². The Morgan fingerprint density at radius 2 is 1.43 bits per heavy atom. The first-order valence-corrected chi connectivity index (χ1v) is 4.99. The molecule has 0 heterocycles. The molecule has 0 aromatic rings. The first-order chi connectivity index (χ1) is 6.08. The molecule has 0 fully saturated rings. The lowest BCUT2D eigenvalue weighted by molar-refractivity contribution is -0.787. The molecule has 0 spiro atoms. The van der Waals surface area contributed by atoms with E-state index in [0.29, 0.717) is 0 Å². The van der Waals surface area contributed by atoms with Gasteiger partial charge in [-0.2, -0.15) is 0 Å². The summed E-state index contributed by atoms with van der Waals surface area (Å²) in [5.41, 5.74) is 0. The number of carboxylic acid groups (broad SMARTS) is 2. The number of aliphatic carboxylic acids is 2. The molecule has 4 N–H and O–H groups in total. The average molecular weight is 228 g/mol. The third kappa shape index (κ3) is 3.43. The van der Waals surface area contributed by atoms with E-state index in [1.54, 1.807) is 0 Å². The van der Waals surface area contributed by atoms with Gasteiger partial charge in [-0.3, -0.25) is 9.79 Å². The summed E-state index contributed by atoms with van der Waals surface area (Å²) in [6, 6.07) is 0. The van der Waals surface area contributed by atoms with Crippen LogP contribution in [0.2, 0.25) is 0 Å². The Morgan fingerprint density at radius 1 is 1.14 bits per heavy atom. The third-order valence-corrected chi connectivity index (χ3v) is 3.12. The van der Waals surface area contributed by atoms with Crippen molar-refractivity contribution in [1.29, 1.82) is 0 Å². The maximum Gasteiger partial charge on any atom is 0.527 e. The fraction of sp³-hybridized carbons (Fsp3) is 0.600. The number of hydrogen-bond donors (Lipinski definition) is 4. The van der Waals surface area contributed by atoms with Crippen molar-refractivity contribution >= 4 is 19.7 Å². The summed E-state index contributed by atoms with van der Waals surface area (Å²) in [6.45, 7) is -1.90. The Bertz CT molecular complexity index is 278. The summed E-state index contributed by atoms with van der Waals surface area (Å²) in [4.78, 5) is 38.2. The van der Waals surface area contributed by atoms with Gasteiger partial charge in [-0.25, -0.2) is 18.4 Å². The zero-order valence-electron chi connectivity index (χ0n) is 7.32. The molecule has 0 aromatic heterocycles. The van der Waals surface area contributed by atoms with Crippen LogP contribution in [0.15, 0.2) is 0 Å². The van der Waals surface area contributed by atoms with E-state index < -0.39 is 37.0 Å². The Morgan fingerprint density at radius 3 is 1.57 bits per heavy atom. The highest BCUT2D eigenvalue weighted by molar-refractivity contribution is 7.45. The van der Waals surface area contributed by atoms with Crippen molar-refractivity contribution in [3.05, 3.63) is 0 Å². The molecule has 14 heavy (non-hydrogen) atoms. The van der Waals surface area contributed by atoms with Crippen LogP contribution in [0.3, 0.4) is 0 Å². The van der Waals surface area contributed by atoms with E-state index >= 15 is 0 Å². The van der Waals surface area contributed by atoms with Gasteiger partial charge < -0.3 is 10.2 Å². The van der Waals surface area contributed by atoms with Crippen LogP contribution >= 0.6 is 7.75 Å². The third-order valence-electron chi connectivity index (χ3n) is 1.58. The zero-order chi connectivity index (χ0) is 11.6. The van der Waals surface area contributed by atoms with E-state index in [4.69, 9.17) is 20.0 Å². The number of hydrogen-bond acceptors (Lipinski definition) is 3. The van der Waals surface area contributed by atoms with Crippen molar-refractivity contribution in [3.8, 4) is 0 Å². The minimum atomic E-state index is -4.82. The van der Waals surface area contributed by atoms with Gasteiger partial charge in [-0.15, -0.1) is 0 Å². The lowest BCUT2D eigenvalue weighted by Gasteiger charge is -2.30. The van der Waals surface area contributed by atoms with Gasteiger partial charge in [-0.1, -0.05) is 0 Å². The van der Waals surface area contributed by atoms with Gasteiger partial charge in [0, 0.05) is 0 Å². The first kappa shape index (κ1) is 13.1. The Balaban J connectivity index is 4.95. The van der Waals surface area contributed by atoms with Crippen LogP contribution in [0.5, 0.6) is 0 Å². The molecule has 0 saturated heterocycles. The molecular weight excluding hydrogens is 217 g/mol. The summed E-state index contributed by atoms with van der Waals surface area (Å²) >= 11 is 0. The van der Waals surface area contributed by atoms with Gasteiger partial charge in [0.15, 0.2) is 13.1 Å². The van der Waals surface area contributed by atoms with Crippen molar-refractivity contribution in [1.82, 2.24) is 0 Å². The molecule has 0 aromatic carbocycles. The van der Waals surface area contributed by atoms with Crippen LogP contribution in [-0.2, 0) is 14.2 Å². The molecular formula is C5H11NO7P+. The Labute approximate surface area is 79.2 Å². The van der Waals surface area contributed by atoms with Crippen molar-refractivity contribution in [2.45, 2.75) is 0 Å². The molecule has 0 aliphatic rings. The zero-order valence-corrected chi connectivity index (χ0v) is 8.22. The molecule has 0 rings (SSSR count). The molecule has 0 amide bonds. The lowest BCUT2D eigenvalue weighted by atomic mass is 10.5. The van der Waals surface area contributed by atoms with Gasteiger partial charge in [0.2, 0.25) is 0 Å². The number of quaternary nitrogens is 1. The normalized spacial score (nSPS) is 12.5. The summed E-state index contributed by atoms with van der Waals surface area (Å²) in [6.07, 6.45) is 0. The van der Waals surface area contributed by atoms with Crippen LogP contribution < -0.4 is 0 Å². The fourth-order valence-electron chi connectivity index (χ4n) is 0.823. The monoisotopic (exact) mass is 228 g/mol. The van der Waals surface area contributed by atoms with Crippen molar-refractivity contribution in [3.63, 3.8) is 0 Å². The molecule has 8 nitrogen and oxygen atoms in total. The predicted octanol–water partition coefficient (Wildman–Crippen LogP) is -1.31. The van der Waals surface area contributed by atoms with Gasteiger partial charge in [0.1, 0.15) is 0 Å². The minimum absolute atomic E-state index is 0.878. The Hall–Kier alpha value is -0.950. The predicted molar refractivity (Wildman–Crippen MR) is 43.2 cm³/mol. The van der Waals surface area contributed by atoms with Crippen LogP contribution in [-0.4, -0.2) is 56.3 Å². The number of nitrogens with zero attached hydrogens (tertiary/aromatic N) is 1. The van der Waals surface area contributed by atoms with Crippen LogP contribution in [0.1, 0.15) is 0 Å². The van der Waals surface area contributed by atoms with Crippen LogP contribution in [0, 0.1) is 0 Å². The van der Waals surface area contributed by atoms with E-state index in [1.165, 1.54) is 0 Å². The SMILES string of the molecule is C[N+](CC(=O)O)(CC(=O)O)P(=O)(O)O. The summed E-state index contributed by atoms with van der Waals surface area (Å²) < 4.78 is 9.51. The highest BCUT2D eigenvalue weighted by atomic mass is 31.2. The molecule has 0 unspecified atom stereocenters. The molecule has 0 radical (unpaired) electrons. The maximum absolute atomic E-state index is 10.9. The smallest absolute Gasteiger partial charge is 0.477 e. The second-order valence-electron chi connectivity index (χ2n) is 2.96. The molecule has 0 saturated carbocycles. The molecule has 0 aliphatic carbocycles. The van der Waals surface area contributed by atoms with E-state index in [0.717, 1.165) is 7.05 Å². The summed E-state index contributed by atoms with van der Waals surface area (Å²) in [5.74, 6) is -2.95. The fourth-order valence-corrected chi connectivity index (χ4v) is 1.43. The maximum atomic E-state index is 10.9. The number of carbonyl (C=O) groups is 2. The highest BCUT2D eigenvalue weighted by Crippen LogP contribution is 2.46. The second kappa shape index (κ2) is 4.05. The van der Waals surface area contributed by atoms with E-state index in [1.807, 2.05) is 0 Å². The molecule has 0 aliphatic heterocycles. The largest absolute Gasteiger partial charge is 0.527 e. The van der Waals surface area contributed by atoms with Crippen molar-refractivity contribution in [2.24, 2.45) is 0 Å². The van der Waals surface area contributed by atoms with E-state index in [9.17, 15) is 14.2 Å². The number of carboxylic acids is 2. The first-order valence-electron chi connectivity index (χ1n) is 3.42. The Kier molecular flexibility index (Phi) is 3.78. The lowest BCUT2D eigenvalue weighted by Crippen LogP contribution is -2.47. The van der Waals surface area contributed by atoms with Crippen LogP contribution in [0.25, 0.3) is 0 Å². The van der Waals surface area contributed by atoms with Crippen LogP contribution in [0.4, 0.5) is 0 Å². The quantitative estimate of drug-likeness (QED) is 0.429. The van der Waals surface area contributed by atoms with Gasteiger partial charge in [-0.05, 0) is 0 Å². The van der Waals surface area contributed by atoms with Gasteiger partial charge >= 0.3 is 19.7 Å². The summed E-state index contributed by atoms with van der Waals surface area (Å²) in [7, 11) is -3.94. The topological polar surface area (TPSA) is 132 Å². The molecule has 9 heteroatoms. The van der Waals surface area contributed by atoms with Gasteiger partial charge in [0.05, 0.1) is 7.05 Å². The molecule has 0 atom stereocenters. The van der Waals surface area contributed by atoms with E-state index in [-0.39, 0.29) is 0 Å². The van der Waals surface area contributed by atoms with E-state index in [2.05, 4.69) is 0 Å². The average Bonchev–Trinajstić information content (AvgIpc) is 1.78. The molecule has 0 bridgehead atoms. The standard InChI is InChI=1S/C5H10NO7P/c1-6(2-4(7)8,3-5(9)10)14(11,12)13/h2-3H2,1H3,(H3-,7,8,9,10,11,12,13)/p+1. The highest BCUT2D eigenvalue weighted by Gasteiger charge is 2.45. The number of likely N-dealkylation sites (N-methyl/N-ethyl adjacent to an activating group) is 1. The molecule has 82 valence electrons. The minimum Gasteiger partial charge on any atom is -0.477 e. The second-order valence-corrected chi connectivity index (χ2v) is 4.95. The summed E-state index contributed by atoms with van der Waals surface area (Å²) in [5, 5.41) is 16.7.